The van der Waals surface area contributed by atoms with Gasteiger partial charge < -0.3 is 5.32 Å². The zero-order valence-corrected chi connectivity index (χ0v) is 14.9. The maximum absolute atomic E-state index is 8.98. The van der Waals surface area contributed by atoms with E-state index in [0.717, 1.165) is 29.9 Å². The third kappa shape index (κ3) is 3.81. The van der Waals surface area contributed by atoms with E-state index in [2.05, 4.69) is 27.8 Å². The molecule has 2 N–H and O–H groups in total. The third-order valence-electron chi connectivity index (χ3n) is 6.55. The monoisotopic (exact) mass is 336 g/mol. The summed E-state index contributed by atoms with van der Waals surface area (Å²) in [6.07, 6.45) is 12.0. The summed E-state index contributed by atoms with van der Waals surface area (Å²) < 4.78 is 0. The van der Waals surface area contributed by atoms with Gasteiger partial charge in [0.1, 0.15) is 0 Å². The van der Waals surface area contributed by atoms with Crippen LogP contribution < -0.4 is 10.6 Å². The van der Waals surface area contributed by atoms with Gasteiger partial charge in [-0.3, -0.25) is 5.32 Å². The molecule has 0 aromatic heterocycles. The van der Waals surface area contributed by atoms with Gasteiger partial charge in [0.25, 0.3) is 0 Å². The summed E-state index contributed by atoms with van der Waals surface area (Å²) >= 11 is 0. The first kappa shape index (κ1) is 16.4. The number of nitrogens with one attached hydrogen (secondary N) is 2. The molecule has 4 bridgehead atoms. The van der Waals surface area contributed by atoms with Crippen LogP contribution in [0.15, 0.2) is 35.3 Å². The second-order valence-electron chi connectivity index (χ2n) is 8.48. The van der Waals surface area contributed by atoms with Gasteiger partial charge in [-0.25, -0.2) is 4.99 Å². The minimum Gasteiger partial charge on any atom is -0.356 e. The van der Waals surface area contributed by atoms with Gasteiger partial charge in [-0.05, 0) is 73.7 Å². The largest absolute Gasteiger partial charge is 0.356 e. The average Bonchev–Trinajstić information content (AvgIpc) is 2.59. The van der Waals surface area contributed by atoms with Gasteiger partial charge in [0.15, 0.2) is 6.19 Å². The molecule has 4 aliphatic rings. The minimum atomic E-state index is 0.568. The molecule has 0 spiro atoms. The number of hydrogen-bond donors (Lipinski definition) is 2. The second kappa shape index (κ2) is 7.07. The molecule has 0 heterocycles. The van der Waals surface area contributed by atoms with Gasteiger partial charge in [0.05, 0.1) is 6.54 Å². The smallest absolute Gasteiger partial charge is 0.205 e. The van der Waals surface area contributed by atoms with Gasteiger partial charge in [-0.15, -0.1) is 0 Å². The first-order valence-corrected chi connectivity index (χ1v) is 9.72. The van der Waals surface area contributed by atoms with Crippen LogP contribution in [0.3, 0.4) is 0 Å². The van der Waals surface area contributed by atoms with Gasteiger partial charge in [0, 0.05) is 6.54 Å². The van der Waals surface area contributed by atoms with E-state index in [1.165, 1.54) is 44.9 Å². The Morgan fingerprint density at radius 1 is 1.08 bits per heavy atom. The van der Waals surface area contributed by atoms with Crippen LogP contribution in [0.1, 0.15) is 50.5 Å². The number of benzene rings is 1. The number of guanidine groups is 1. The standard InChI is InChI=1S/C21H28N4/c22-15-25-20(24-14-16-4-2-1-3-5-16)23-7-6-21-11-17-8-18(12-21)10-19(9-17)13-21/h1-5,17-19H,6-14H2,(H2,23,24,25). The van der Waals surface area contributed by atoms with Crippen LogP contribution in [0.4, 0.5) is 0 Å². The molecular weight excluding hydrogens is 308 g/mol. The Balaban J connectivity index is 1.32. The summed E-state index contributed by atoms with van der Waals surface area (Å²) in [6, 6.07) is 10.2. The van der Waals surface area contributed by atoms with Crippen molar-refractivity contribution in [3.8, 4) is 6.19 Å². The predicted molar refractivity (Wildman–Crippen MR) is 99.6 cm³/mol. The molecule has 1 aromatic carbocycles. The van der Waals surface area contributed by atoms with Crippen molar-refractivity contribution in [1.29, 1.82) is 5.26 Å². The number of aliphatic imine (C=N–C) groups is 1. The predicted octanol–water partition coefficient (Wildman–Crippen LogP) is 3.81. The molecule has 0 saturated heterocycles. The van der Waals surface area contributed by atoms with Crippen molar-refractivity contribution in [2.75, 3.05) is 6.54 Å². The Morgan fingerprint density at radius 3 is 2.32 bits per heavy atom. The van der Waals surface area contributed by atoms with E-state index in [0.29, 0.717) is 17.9 Å². The molecule has 0 amide bonds. The zero-order chi connectivity index (χ0) is 17.1. The molecule has 1 aromatic rings. The number of hydrogen-bond acceptors (Lipinski definition) is 2. The zero-order valence-electron chi connectivity index (χ0n) is 14.9. The highest BCUT2D eigenvalue weighted by Crippen LogP contribution is 2.61. The summed E-state index contributed by atoms with van der Waals surface area (Å²) in [4.78, 5) is 4.54. The van der Waals surface area contributed by atoms with Gasteiger partial charge in [0.2, 0.25) is 5.96 Å². The van der Waals surface area contributed by atoms with E-state index in [1.807, 2.05) is 24.4 Å². The van der Waals surface area contributed by atoms with Gasteiger partial charge in [-0.2, -0.15) is 5.26 Å². The average molecular weight is 336 g/mol. The normalized spacial score (nSPS) is 33.1. The molecule has 4 heteroatoms. The van der Waals surface area contributed by atoms with E-state index in [9.17, 15) is 0 Å². The van der Waals surface area contributed by atoms with Crippen molar-refractivity contribution in [2.24, 2.45) is 28.2 Å². The maximum Gasteiger partial charge on any atom is 0.205 e. The van der Waals surface area contributed by atoms with E-state index in [1.54, 1.807) is 0 Å². The Hall–Kier alpha value is -2.02. The topological polar surface area (TPSA) is 60.2 Å². The molecule has 132 valence electrons. The summed E-state index contributed by atoms with van der Waals surface area (Å²) in [7, 11) is 0. The maximum atomic E-state index is 8.98. The van der Waals surface area contributed by atoms with Crippen molar-refractivity contribution >= 4 is 5.96 Å². The van der Waals surface area contributed by atoms with Crippen LogP contribution in [0.2, 0.25) is 0 Å². The molecule has 4 fully saturated rings. The fourth-order valence-corrected chi connectivity index (χ4v) is 5.99. The van der Waals surface area contributed by atoms with Crippen molar-refractivity contribution in [2.45, 2.75) is 51.5 Å². The lowest BCUT2D eigenvalue weighted by atomic mass is 9.49. The summed E-state index contributed by atoms with van der Waals surface area (Å²) in [5.74, 6) is 3.59. The molecule has 0 unspecified atom stereocenters. The second-order valence-corrected chi connectivity index (χ2v) is 8.48. The molecule has 0 aliphatic heterocycles. The van der Waals surface area contributed by atoms with Crippen LogP contribution in [-0.4, -0.2) is 12.5 Å². The Labute approximate surface area is 150 Å². The number of nitriles is 1. The molecule has 4 nitrogen and oxygen atoms in total. The Morgan fingerprint density at radius 2 is 1.72 bits per heavy atom. The highest BCUT2D eigenvalue weighted by molar-refractivity contribution is 5.81. The summed E-state index contributed by atoms with van der Waals surface area (Å²) in [5.41, 5.74) is 1.72. The highest BCUT2D eigenvalue weighted by atomic mass is 15.2. The molecular formula is C21H28N4. The van der Waals surface area contributed by atoms with Crippen molar-refractivity contribution in [3.05, 3.63) is 35.9 Å². The van der Waals surface area contributed by atoms with Crippen molar-refractivity contribution in [1.82, 2.24) is 10.6 Å². The highest BCUT2D eigenvalue weighted by Gasteiger charge is 2.50. The molecule has 4 aliphatic carbocycles. The van der Waals surface area contributed by atoms with Crippen LogP contribution in [0, 0.1) is 34.6 Å². The lowest BCUT2D eigenvalue weighted by Crippen LogP contribution is -2.47. The third-order valence-corrected chi connectivity index (χ3v) is 6.55. The quantitative estimate of drug-likeness (QED) is 0.372. The lowest BCUT2D eigenvalue weighted by Gasteiger charge is -2.57. The van der Waals surface area contributed by atoms with Crippen LogP contribution in [-0.2, 0) is 6.54 Å². The Bertz CT molecular complexity index is 623. The molecule has 25 heavy (non-hydrogen) atoms. The first-order chi connectivity index (χ1) is 12.2. The summed E-state index contributed by atoms with van der Waals surface area (Å²) in [5, 5.41) is 15.1. The van der Waals surface area contributed by atoms with Crippen LogP contribution in [0.5, 0.6) is 0 Å². The van der Waals surface area contributed by atoms with Gasteiger partial charge in [-0.1, -0.05) is 30.3 Å². The van der Waals surface area contributed by atoms with Crippen molar-refractivity contribution < 1.29 is 0 Å². The SMILES string of the molecule is N#CNC(=NCc1ccccc1)NCCC12CC3CC(CC(C3)C1)C2. The fraction of sp³-hybridized carbons (Fsp3) is 0.619. The van der Waals surface area contributed by atoms with Crippen LogP contribution in [0.25, 0.3) is 0 Å². The number of nitrogens with zero attached hydrogens (tertiary/aromatic N) is 2. The van der Waals surface area contributed by atoms with E-state index in [-0.39, 0.29) is 0 Å². The van der Waals surface area contributed by atoms with Crippen LogP contribution >= 0.6 is 0 Å². The van der Waals surface area contributed by atoms with E-state index in [4.69, 9.17) is 5.26 Å². The van der Waals surface area contributed by atoms with E-state index < -0.39 is 0 Å². The molecule has 0 atom stereocenters. The fourth-order valence-electron chi connectivity index (χ4n) is 5.99. The first-order valence-electron chi connectivity index (χ1n) is 9.72. The summed E-state index contributed by atoms with van der Waals surface area (Å²) in [6.45, 7) is 1.50. The lowest BCUT2D eigenvalue weighted by molar-refractivity contribution is -0.0562. The minimum absolute atomic E-state index is 0.568. The molecule has 5 rings (SSSR count). The Kier molecular flexibility index (Phi) is 4.65. The molecule has 0 radical (unpaired) electrons. The van der Waals surface area contributed by atoms with E-state index >= 15 is 0 Å². The van der Waals surface area contributed by atoms with Gasteiger partial charge >= 0.3 is 0 Å². The number of rotatable bonds is 5. The molecule has 4 saturated carbocycles. The van der Waals surface area contributed by atoms with Crippen molar-refractivity contribution in [3.63, 3.8) is 0 Å².